The van der Waals surface area contributed by atoms with Crippen molar-refractivity contribution in [2.75, 3.05) is 13.1 Å². The molecule has 8 rings (SSSR count). The predicted octanol–water partition coefficient (Wildman–Crippen LogP) is 4.16. The number of rotatable bonds is 1. The van der Waals surface area contributed by atoms with Crippen molar-refractivity contribution in [1.29, 1.82) is 0 Å². The molecule has 3 aromatic heterocycles. The highest BCUT2D eigenvalue weighted by molar-refractivity contribution is 7.14. The maximum Gasteiger partial charge on any atom is 0.275 e. The summed E-state index contributed by atoms with van der Waals surface area (Å²) < 4.78 is 9.25. The molecule has 3 atom stereocenters. The van der Waals surface area contributed by atoms with Gasteiger partial charge in [-0.05, 0) is 56.4 Å². The van der Waals surface area contributed by atoms with Crippen LogP contribution in [0.4, 0.5) is 0 Å². The first kappa shape index (κ1) is 24.0. The molecule has 0 radical (unpaired) electrons. The predicted molar refractivity (Wildman–Crippen MR) is 155 cm³/mol. The van der Waals surface area contributed by atoms with Crippen LogP contribution in [0.5, 0.6) is 5.75 Å². The van der Waals surface area contributed by atoms with Gasteiger partial charge in [0.2, 0.25) is 0 Å². The number of H-pyrrole nitrogens is 1. The Hall–Kier alpha value is -3.89. The number of hydrogen-bond donors (Lipinski definition) is 1. The molecule has 1 fully saturated rings. The van der Waals surface area contributed by atoms with Crippen molar-refractivity contribution in [2.45, 2.75) is 57.7 Å². The standard InChI is InChI=1S/C30H28N6O3S/c1-16-11-19-15-35(16)9-10-36-30(38)21-7-4-6-20(27(21)40-36)25-29(37)33-23-12-18(13-24(39-19)26(23)34-25)28-31-14-17-5-2-3-8-22(17)32-28/h4,6-7,12-14,16,19H,2-3,5,8-11,15H2,1H3,(H,33,37)/t16-,19+/m1/s1. The van der Waals surface area contributed by atoms with Gasteiger partial charge in [-0.25, -0.2) is 15.0 Å². The van der Waals surface area contributed by atoms with E-state index in [2.05, 4.69) is 16.8 Å². The lowest BCUT2D eigenvalue weighted by molar-refractivity contribution is 0.197. The highest BCUT2D eigenvalue weighted by atomic mass is 32.1. The molecular formula is C30H28N6O3S. The molecule has 0 spiro atoms. The van der Waals surface area contributed by atoms with Gasteiger partial charge in [0, 0.05) is 55.1 Å². The lowest BCUT2D eigenvalue weighted by Crippen LogP contribution is -2.33. The lowest BCUT2D eigenvalue weighted by atomic mass is 9.97. The van der Waals surface area contributed by atoms with E-state index in [0.29, 0.717) is 46.1 Å². The van der Waals surface area contributed by atoms with Gasteiger partial charge < -0.3 is 9.72 Å². The number of ether oxygens (including phenoxy) is 1. The second-order valence-electron chi connectivity index (χ2n) is 11.2. The second kappa shape index (κ2) is 9.07. The van der Waals surface area contributed by atoms with Crippen molar-refractivity contribution < 1.29 is 4.74 Å². The lowest BCUT2D eigenvalue weighted by Gasteiger charge is -2.20. The number of benzene rings is 2. The first-order valence-corrected chi connectivity index (χ1v) is 14.8. The molecule has 6 bridgehead atoms. The molecule has 0 saturated carbocycles. The van der Waals surface area contributed by atoms with Crippen LogP contribution >= 0.6 is 11.5 Å². The van der Waals surface area contributed by atoms with Gasteiger partial charge >= 0.3 is 0 Å². The molecule has 5 heterocycles. The Bertz CT molecular complexity index is 1940. The number of fused-ring (bicyclic) bond motifs is 6. The monoisotopic (exact) mass is 552 g/mol. The highest BCUT2D eigenvalue weighted by Gasteiger charge is 2.32. The molecular weight excluding hydrogens is 524 g/mol. The number of aromatic amines is 1. The minimum absolute atomic E-state index is 0.0241. The SMILES string of the molecule is C[C@@H]1C[C@H]2CN1CCn1sc3c(cccc3c1=O)-c1nc3c(cc(-c4ncc5c(n4)CCCC5)cc3[nH]c1=O)O2. The second-order valence-corrected chi connectivity index (χ2v) is 12.2. The quantitative estimate of drug-likeness (QED) is 0.333. The van der Waals surface area contributed by atoms with E-state index in [0.717, 1.165) is 54.7 Å². The summed E-state index contributed by atoms with van der Waals surface area (Å²) in [6.45, 7) is 4.31. The molecule has 40 heavy (non-hydrogen) atoms. The first-order valence-electron chi connectivity index (χ1n) is 14.0. The Labute approximate surface area is 233 Å². The van der Waals surface area contributed by atoms with Gasteiger partial charge in [-0.1, -0.05) is 23.7 Å². The first-order chi connectivity index (χ1) is 19.5. The Morgan fingerprint density at radius 1 is 1.10 bits per heavy atom. The molecule has 5 aromatic rings. The van der Waals surface area contributed by atoms with Crippen LogP contribution in [0.15, 0.2) is 46.1 Å². The average Bonchev–Trinajstić information content (AvgIpc) is 3.48. The average molecular weight is 553 g/mol. The van der Waals surface area contributed by atoms with Crippen LogP contribution < -0.4 is 15.9 Å². The molecule has 1 saturated heterocycles. The van der Waals surface area contributed by atoms with Crippen LogP contribution in [0, 0.1) is 0 Å². The smallest absolute Gasteiger partial charge is 0.275 e. The zero-order valence-corrected chi connectivity index (χ0v) is 23.0. The topological polar surface area (TPSA) is 106 Å². The van der Waals surface area contributed by atoms with Crippen LogP contribution in [0.1, 0.15) is 37.4 Å². The third-order valence-corrected chi connectivity index (χ3v) is 9.75. The van der Waals surface area contributed by atoms with Crippen LogP contribution in [0.2, 0.25) is 0 Å². The van der Waals surface area contributed by atoms with E-state index in [1.807, 2.05) is 36.5 Å². The Morgan fingerprint density at radius 3 is 2.92 bits per heavy atom. The summed E-state index contributed by atoms with van der Waals surface area (Å²) in [5, 5.41) is 0.613. The Balaban J connectivity index is 1.36. The van der Waals surface area contributed by atoms with Crippen molar-refractivity contribution in [3.8, 4) is 28.4 Å². The summed E-state index contributed by atoms with van der Waals surface area (Å²) in [7, 11) is 0. The van der Waals surface area contributed by atoms with Gasteiger partial charge in [0.1, 0.15) is 23.1 Å². The Morgan fingerprint density at radius 2 is 2.00 bits per heavy atom. The molecule has 2 aromatic carbocycles. The molecule has 9 nitrogen and oxygen atoms in total. The molecule has 3 aliphatic rings. The third kappa shape index (κ3) is 3.81. The van der Waals surface area contributed by atoms with E-state index in [1.165, 1.54) is 23.5 Å². The van der Waals surface area contributed by atoms with Gasteiger partial charge in [-0.3, -0.25) is 18.4 Å². The van der Waals surface area contributed by atoms with E-state index in [4.69, 9.17) is 19.7 Å². The van der Waals surface area contributed by atoms with Crippen molar-refractivity contribution in [3.05, 3.63) is 68.5 Å². The van der Waals surface area contributed by atoms with Crippen molar-refractivity contribution in [3.63, 3.8) is 0 Å². The van der Waals surface area contributed by atoms with Crippen LogP contribution in [-0.2, 0) is 19.4 Å². The summed E-state index contributed by atoms with van der Waals surface area (Å²) in [5.41, 5.74) is 4.89. The van der Waals surface area contributed by atoms with Crippen LogP contribution in [-0.4, -0.2) is 54.0 Å². The summed E-state index contributed by atoms with van der Waals surface area (Å²) in [4.78, 5) is 46.7. The largest absolute Gasteiger partial charge is 0.487 e. The summed E-state index contributed by atoms with van der Waals surface area (Å²) in [6, 6.07) is 9.70. The zero-order valence-electron chi connectivity index (χ0n) is 22.1. The molecule has 0 amide bonds. The summed E-state index contributed by atoms with van der Waals surface area (Å²) in [6.07, 6.45) is 7.04. The fourth-order valence-corrected chi connectivity index (χ4v) is 7.53. The maximum absolute atomic E-state index is 13.5. The number of aryl methyl sites for hydroxylation is 2. The van der Waals surface area contributed by atoms with Crippen molar-refractivity contribution in [2.24, 2.45) is 0 Å². The van der Waals surface area contributed by atoms with Gasteiger partial charge in [-0.15, -0.1) is 0 Å². The number of nitrogens with zero attached hydrogens (tertiary/aromatic N) is 5. The van der Waals surface area contributed by atoms with Gasteiger partial charge in [-0.2, -0.15) is 0 Å². The Kier molecular flexibility index (Phi) is 5.43. The number of aromatic nitrogens is 5. The zero-order chi connectivity index (χ0) is 27.0. The van der Waals surface area contributed by atoms with E-state index in [1.54, 1.807) is 3.96 Å². The normalized spacial score (nSPS) is 22.0. The van der Waals surface area contributed by atoms with Crippen molar-refractivity contribution in [1.82, 2.24) is 28.8 Å². The van der Waals surface area contributed by atoms with Gasteiger partial charge in [0.05, 0.1) is 15.6 Å². The fraction of sp³-hybridized carbons (Fsp3) is 0.367. The number of hydrogen-bond acceptors (Lipinski definition) is 8. The van der Waals surface area contributed by atoms with E-state index in [-0.39, 0.29) is 22.9 Å². The molecule has 10 heteroatoms. The van der Waals surface area contributed by atoms with E-state index >= 15 is 0 Å². The number of nitrogens with one attached hydrogen (secondary N) is 1. The highest BCUT2D eigenvalue weighted by Crippen LogP contribution is 2.35. The molecule has 1 N–H and O–H groups in total. The van der Waals surface area contributed by atoms with Crippen LogP contribution in [0.3, 0.4) is 0 Å². The third-order valence-electron chi connectivity index (χ3n) is 8.56. The maximum atomic E-state index is 13.5. The fourth-order valence-electron chi connectivity index (χ4n) is 6.44. The van der Waals surface area contributed by atoms with E-state index < -0.39 is 0 Å². The summed E-state index contributed by atoms with van der Waals surface area (Å²) >= 11 is 1.41. The van der Waals surface area contributed by atoms with Gasteiger partial charge in [0.25, 0.3) is 11.1 Å². The molecule has 2 aliphatic heterocycles. The van der Waals surface area contributed by atoms with Gasteiger partial charge in [0.15, 0.2) is 5.82 Å². The minimum Gasteiger partial charge on any atom is -0.487 e. The minimum atomic E-state index is -0.311. The summed E-state index contributed by atoms with van der Waals surface area (Å²) in [5.74, 6) is 1.24. The molecule has 202 valence electrons. The molecule has 1 unspecified atom stereocenters. The van der Waals surface area contributed by atoms with Crippen molar-refractivity contribution >= 4 is 32.7 Å². The van der Waals surface area contributed by atoms with Crippen LogP contribution in [0.25, 0.3) is 43.8 Å². The molecule has 1 aliphatic carbocycles. The van der Waals surface area contributed by atoms with E-state index in [9.17, 15) is 9.59 Å².